The smallest absolute Gasteiger partial charge is 0.407 e. The standard InChI is InChI=1S/C21H21N5O9S2/c1-30-13-5-6-22-19(32-3)17(13)37(28,29)26-18-16-14(31-2)7-11(8-15(16)35-25-18)34-21-24-10-12(36-21)9-23-20(27)33-4/h5-8,10H,9H2,1-4H3,(H,23,27)(H,25,26). The van der Waals surface area contributed by atoms with E-state index in [9.17, 15) is 13.2 Å². The Bertz CT molecular complexity index is 1510. The number of fused-ring (bicyclic) bond motifs is 1. The van der Waals surface area contributed by atoms with Crippen LogP contribution in [0, 0.1) is 0 Å². The molecule has 3 aromatic heterocycles. The van der Waals surface area contributed by atoms with E-state index in [1.165, 1.54) is 64.2 Å². The molecule has 0 aliphatic rings. The Kier molecular flexibility index (Phi) is 7.49. The topological polar surface area (TPSA) is 173 Å². The average molecular weight is 552 g/mol. The van der Waals surface area contributed by atoms with Crippen LogP contribution in [0.2, 0.25) is 0 Å². The number of sulfonamides is 1. The summed E-state index contributed by atoms with van der Waals surface area (Å²) < 4.78 is 60.2. The summed E-state index contributed by atoms with van der Waals surface area (Å²) in [6.07, 6.45) is 2.34. The monoisotopic (exact) mass is 551 g/mol. The highest BCUT2D eigenvalue weighted by atomic mass is 32.2. The summed E-state index contributed by atoms with van der Waals surface area (Å²) in [7, 11) is 1.01. The van der Waals surface area contributed by atoms with Crippen molar-refractivity contribution in [2.24, 2.45) is 0 Å². The fraction of sp³-hybridized carbons (Fsp3) is 0.238. The molecular weight excluding hydrogens is 530 g/mol. The minimum atomic E-state index is -4.27. The van der Waals surface area contributed by atoms with Crippen molar-refractivity contribution in [2.45, 2.75) is 11.4 Å². The van der Waals surface area contributed by atoms with Gasteiger partial charge in [-0.25, -0.2) is 23.2 Å². The quantitative estimate of drug-likeness (QED) is 0.295. The van der Waals surface area contributed by atoms with Crippen LogP contribution in [0.15, 0.2) is 40.0 Å². The maximum atomic E-state index is 13.2. The molecule has 0 spiro atoms. The summed E-state index contributed by atoms with van der Waals surface area (Å²) in [5.74, 6) is 0.260. The second-order valence-corrected chi connectivity index (χ2v) is 9.72. The number of nitrogens with one attached hydrogen (secondary N) is 2. The molecule has 0 saturated heterocycles. The lowest BCUT2D eigenvalue weighted by molar-refractivity contribution is 0.170. The second kappa shape index (κ2) is 10.8. The summed E-state index contributed by atoms with van der Waals surface area (Å²) in [5.41, 5.74) is 0.182. The van der Waals surface area contributed by atoms with Gasteiger partial charge in [0.2, 0.25) is 5.88 Å². The Morgan fingerprint density at radius 1 is 1.08 bits per heavy atom. The predicted molar refractivity (Wildman–Crippen MR) is 130 cm³/mol. The first kappa shape index (κ1) is 25.8. The molecule has 16 heteroatoms. The molecule has 3 heterocycles. The maximum Gasteiger partial charge on any atom is 0.407 e. The van der Waals surface area contributed by atoms with Crippen LogP contribution in [0.5, 0.6) is 28.3 Å². The highest BCUT2D eigenvalue weighted by Gasteiger charge is 2.29. The molecule has 37 heavy (non-hydrogen) atoms. The molecular formula is C21H21N5O9S2. The molecule has 0 atom stereocenters. The highest BCUT2D eigenvalue weighted by Crippen LogP contribution is 2.40. The Balaban J connectivity index is 1.62. The Morgan fingerprint density at radius 3 is 2.57 bits per heavy atom. The third-order valence-electron chi connectivity index (χ3n) is 4.81. The molecule has 0 aliphatic carbocycles. The molecule has 196 valence electrons. The van der Waals surface area contributed by atoms with Crippen molar-refractivity contribution in [3.63, 3.8) is 0 Å². The van der Waals surface area contributed by atoms with E-state index >= 15 is 0 Å². The lowest BCUT2D eigenvalue weighted by Crippen LogP contribution is -2.21. The SMILES string of the molecule is COC(=O)NCc1cnc(Oc2cc(OC)c3c(NS(=O)(=O)c4c(OC)ccnc4OC)noc3c2)s1. The number of alkyl carbamates (subject to hydrolysis) is 1. The van der Waals surface area contributed by atoms with Gasteiger partial charge in [0.1, 0.15) is 22.6 Å². The Labute approximate surface area is 214 Å². The van der Waals surface area contributed by atoms with Crippen LogP contribution in [0.25, 0.3) is 11.0 Å². The molecule has 2 N–H and O–H groups in total. The van der Waals surface area contributed by atoms with Gasteiger partial charge in [-0.3, -0.25) is 4.72 Å². The number of amides is 1. The van der Waals surface area contributed by atoms with Crippen LogP contribution in [-0.2, 0) is 21.3 Å². The number of hydrogen-bond donors (Lipinski definition) is 2. The molecule has 0 saturated carbocycles. The molecule has 4 rings (SSSR count). The van der Waals surface area contributed by atoms with Crippen molar-refractivity contribution in [3.8, 4) is 28.3 Å². The molecule has 0 fully saturated rings. The zero-order valence-electron chi connectivity index (χ0n) is 19.9. The number of methoxy groups -OCH3 is 4. The van der Waals surface area contributed by atoms with E-state index in [2.05, 4.69) is 29.9 Å². The van der Waals surface area contributed by atoms with Gasteiger partial charge in [0.15, 0.2) is 16.3 Å². The number of carbonyl (C=O) groups is 1. The van der Waals surface area contributed by atoms with Crippen LogP contribution in [-0.4, -0.2) is 58.1 Å². The van der Waals surface area contributed by atoms with Crippen molar-refractivity contribution in [1.29, 1.82) is 0 Å². The first-order valence-electron chi connectivity index (χ1n) is 10.3. The third-order valence-corrected chi connectivity index (χ3v) is 7.06. The zero-order chi connectivity index (χ0) is 26.6. The summed E-state index contributed by atoms with van der Waals surface area (Å²) in [4.78, 5) is 19.8. The minimum absolute atomic E-state index is 0.0272. The number of hydrogen-bond acceptors (Lipinski definition) is 13. The highest BCUT2D eigenvalue weighted by molar-refractivity contribution is 7.93. The summed E-state index contributed by atoms with van der Waals surface area (Å²) in [5, 5.41) is 6.95. The van der Waals surface area contributed by atoms with Gasteiger partial charge in [-0.1, -0.05) is 16.5 Å². The fourth-order valence-corrected chi connectivity index (χ4v) is 5.19. The summed E-state index contributed by atoms with van der Waals surface area (Å²) in [6.45, 7) is 0.216. The van der Waals surface area contributed by atoms with Crippen LogP contribution in [0.3, 0.4) is 0 Å². The van der Waals surface area contributed by atoms with Crippen molar-refractivity contribution in [3.05, 3.63) is 35.5 Å². The normalized spacial score (nSPS) is 11.1. The van der Waals surface area contributed by atoms with Gasteiger partial charge in [-0.2, -0.15) is 0 Å². The number of thiazole rings is 1. The van der Waals surface area contributed by atoms with E-state index < -0.39 is 16.1 Å². The van der Waals surface area contributed by atoms with Crippen LogP contribution in [0.4, 0.5) is 10.6 Å². The molecule has 0 aliphatic heterocycles. The molecule has 4 aromatic rings. The number of aromatic nitrogens is 3. The third kappa shape index (κ3) is 5.44. The van der Waals surface area contributed by atoms with Crippen LogP contribution < -0.4 is 29.0 Å². The number of nitrogens with zero attached hydrogens (tertiary/aromatic N) is 3. The Morgan fingerprint density at radius 2 is 1.86 bits per heavy atom. The van der Waals surface area contributed by atoms with Crippen LogP contribution >= 0.6 is 11.3 Å². The van der Waals surface area contributed by atoms with Gasteiger partial charge in [0.05, 0.1) is 35.0 Å². The lowest BCUT2D eigenvalue weighted by atomic mass is 10.2. The first-order valence-corrected chi connectivity index (χ1v) is 12.6. The van der Waals surface area contributed by atoms with Gasteiger partial charge < -0.3 is 33.5 Å². The summed E-state index contributed by atoms with van der Waals surface area (Å²) in [6, 6.07) is 4.41. The van der Waals surface area contributed by atoms with Crippen molar-refractivity contribution >= 4 is 44.2 Å². The predicted octanol–water partition coefficient (Wildman–Crippen LogP) is 3.15. The van der Waals surface area contributed by atoms with Gasteiger partial charge >= 0.3 is 6.09 Å². The maximum absolute atomic E-state index is 13.2. The van der Waals surface area contributed by atoms with E-state index in [1.807, 2.05) is 0 Å². The number of carbonyl (C=O) groups excluding carboxylic acids is 1. The molecule has 14 nitrogen and oxygen atoms in total. The number of benzene rings is 1. The van der Waals surface area contributed by atoms with E-state index in [0.717, 1.165) is 4.88 Å². The summed E-state index contributed by atoms with van der Waals surface area (Å²) >= 11 is 1.20. The molecule has 1 aromatic carbocycles. The van der Waals surface area contributed by atoms with Gasteiger partial charge in [0, 0.05) is 35.5 Å². The van der Waals surface area contributed by atoms with E-state index in [0.29, 0.717) is 10.9 Å². The molecule has 0 bridgehead atoms. The number of pyridine rings is 1. The first-order chi connectivity index (χ1) is 17.8. The molecule has 0 unspecified atom stereocenters. The number of ether oxygens (including phenoxy) is 5. The second-order valence-electron chi connectivity index (χ2n) is 7.03. The van der Waals surface area contributed by atoms with Gasteiger partial charge in [0.25, 0.3) is 15.2 Å². The zero-order valence-corrected chi connectivity index (χ0v) is 21.6. The average Bonchev–Trinajstić information content (AvgIpc) is 3.52. The van der Waals surface area contributed by atoms with Crippen LogP contribution in [0.1, 0.15) is 4.88 Å². The van der Waals surface area contributed by atoms with Gasteiger partial charge in [-0.05, 0) is 0 Å². The van der Waals surface area contributed by atoms with Crippen molar-refractivity contribution in [1.82, 2.24) is 20.4 Å². The van der Waals surface area contributed by atoms with E-state index in [1.54, 1.807) is 6.20 Å². The van der Waals surface area contributed by atoms with Gasteiger partial charge in [-0.15, -0.1) is 0 Å². The largest absolute Gasteiger partial charge is 0.496 e. The van der Waals surface area contributed by atoms with E-state index in [4.69, 9.17) is 23.5 Å². The molecule has 0 radical (unpaired) electrons. The minimum Gasteiger partial charge on any atom is -0.496 e. The van der Waals surface area contributed by atoms with Crippen molar-refractivity contribution in [2.75, 3.05) is 33.2 Å². The van der Waals surface area contributed by atoms with Crippen molar-refractivity contribution < 1.29 is 41.4 Å². The van der Waals surface area contributed by atoms with E-state index in [-0.39, 0.29) is 45.6 Å². The number of rotatable bonds is 10. The molecule has 1 amide bonds. The Hall–Kier alpha value is -4.31. The fourth-order valence-electron chi connectivity index (χ4n) is 3.20. The number of anilines is 1. The lowest BCUT2D eigenvalue weighted by Gasteiger charge is -2.13.